The van der Waals surface area contributed by atoms with E-state index in [1.807, 2.05) is 18.2 Å². The van der Waals surface area contributed by atoms with Crippen molar-refractivity contribution >= 4 is 17.5 Å². The fourth-order valence-electron chi connectivity index (χ4n) is 4.91. The summed E-state index contributed by atoms with van der Waals surface area (Å²) in [6.45, 7) is 0.462. The van der Waals surface area contributed by atoms with Crippen LogP contribution in [0.2, 0.25) is 0 Å². The Kier molecular flexibility index (Phi) is 5.24. The lowest BCUT2D eigenvalue weighted by atomic mass is 9.75. The molecule has 6 nitrogen and oxygen atoms in total. The standard InChI is InChI=1S/C26H23FN2O4/c1-32-21-13-15-11-12-29-24(18(15)14-22(21)33-2)23(16-7-3-4-8-17(16)26(29)31)25(30)28-20-10-6-5-9-19(20)27/h3-10,13-14,23-24H,11-12H2,1-2H3,(H,28,30)/t23-,24-/m1/s1. The summed E-state index contributed by atoms with van der Waals surface area (Å²) in [5.74, 6) is -0.616. The molecule has 1 N–H and O–H groups in total. The topological polar surface area (TPSA) is 67.9 Å². The van der Waals surface area contributed by atoms with Gasteiger partial charge in [-0.2, -0.15) is 0 Å². The van der Waals surface area contributed by atoms with Gasteiger partial charge in [-0.25, -0.2) is 4.39 Å². The quantitative estimate of drug-likeness (QED) is 0.648. The van der Waals surface area contributed by atoms with Crippen LogP contribution in [-0.2, 0) is 11.2 Å². The number of carbonyl (C=O) groups excluding carboxylic acids is 2. The second kappa shape index (κ2) is 8.24. The van der Waals surface area contributed by atoms with Gasteiger partial charge in [-0.3, -0.25) is 9.59 Å². The SMILES string of the molecule is COc1cc2c(cc1OC)[C@@H]1[C@H](C(=O)Nc3ccccc3F)c3ccccc3C(=O)N1CC2. The van der Waals surface area contributed by atoms with E-state index in [4.69, 9.17) is 9.47 Å². The lowest BCUT2D eigenvalue weighted by Gasteiger charge is -2.45. The van der Waals surface area contributed by atoms with Crippen LogP contribution in [0.1, 0.15) is 39.0 Å². The third-order valence-corrected chi connectivity index (χ3v) is 6.44. The number of hydrogen-bond acceptors (Lipinski definition) is 4. The third kappa shape index (κ3) is 3.40. The summed E-state index contributed by atoms with van der Waals surface area (Å²) in [5.41, 5.74) is 3.04. The monoisotopic (exact) mass is 446 g/mol. The van der Waals surface area contributed by atoms with Gasteiger partial charge in [0.25, 0.3) is 5.91 Å². The molecule has 0 saturated heterocycles. The van der Waals surface area contributed by atoms with E-state index in [0.717, 1.165) is 11.1 Å². The number of methoxy groups -OCH3 is 2. The number of nitrogens with one attached hydrogen (secondary N) is 1. The zero-order valence-electron chi connectivity index (χ0n) is 18.3. The molecule has 2 atom stereocenters. The first-order valence-electron chi connectivity index (χ1n) is 10.7. The molecule has 2 amide bonds. The van der Waals surface area contributed by atoms with Crippen LogP contribution in [0.5, 0.6) is 11.5 Å². The minimum Gasteiger partial charge on any atom is -0.493 e. The van der Waals surface area contributed by atoms with Gasteiger partial charge in [0.1, 0.15) is 5.82 Å². The second-order valence-corrected chi connectivity index (χ2v) is 8.13. The molecule has 7 heteroatoms. The number of para-hydroxylation sites is 1. The van der Waals surface area contributed by atoms with E-state index in [0.29, 0.717) is 35.6 Å². The van der Waals surface area contributed by atoms with E-state index in [1.165, 1.54) is 12.1 Å². The number of anilines is 1. The highest BCUT2D eigenvalue weighted by molar-refractivity contribution is 6.04. The van der Waals surface area contributed by atoms with Crippen LogP contribution in [0.4, 0.5) is 10.1 Å². The Bertz CT molecular complexity index is 1260. The van der Waals surface area contributed by atoms with Gasteiger partial charge in [-0.05, 0) is 53.4 Å². The summed E-state index contributed by atoms with van der Waals surface area (Å²) in [7, 11) is 3.12. The number of fused-ring (bicyclic) bond motifs is 4. The Balaban J connectivity index is 1.66. The second-order valence-electron chi connectivity index (χ2n) is 8.13. The third-order valence-electron chi connectivity index (χ3n) is 6.44. The van der Waals surface area contributed by atoms with Crippen molar-refractivity contribution in [2.45, 2.75) is 18.4 Å². The molecule has 0 aromatic heterocycles. The van der Waals surface area contributed by atoms with E-state index in [-0.39, 0.29) is 17.5 Å². The maximum absolute atomic E-state index is 14.3. The summed E-state index contributed by atoms with van der Waals surface area (Å²) in [6.07, 6.45) is 0.627. The zero-order chi connectivity index (χ0) is 23.1. The molecular weight excluding hydrogens is 423 g/mol. The molecule has 0 unspecified atom stereocenters. The molecule has 3 aromatic rings. The number of rotatable bonds is 4. The van der Waals surface area contributed by atoms with Crippen molar-refractivity contribution in [2.24, 2.45) is 0 Å². The lowest BCUT2D eigenvalue weighted by molar-refractivity contribution is -0.119. The molecule has 0 fully saturated rings. The maximum Gasteiger partial charge on any atom is 0.254 e. The number of ether oxygens (including phenoxy) is 2. The number of carbonyl (C=O) groups is 2. The van der Waals surface area contributed by atoms with Gasteiger partial charge in [0.2, 0.25) is 5.91 Å². The highest BCUT2D eigenvalue weighted by Gasteiger charge is 2.46. The van der Waals surface area contributed by atoms with Gasteiger partial charge in [-0.1, -0.05) is 30.3 Å². The molecule has 0 saturated carbocycles. The highest BCUT2D eigenvalue weighted by atomic mass is 19.1. The van der Waals surface area contributed by atoms with Crippen molar-refractivity contribution in [3.05, 3.63) is 88.7 Å². The molecule has 2 heterocycles. The van der Waals surface area contributed by atoms with Crippen LogP contribution in [0.15, 0.2) is 60.7 Å². The van der Waals surface area contributed by atoms with Crippen molar-refractivity contribution in [1.29, 1.82) is 0 Å². The number of benzene rings is 3. The van der Waals surface area contributed by atoms with Gasteiger partial charge in [0.15, 0.2) is 11.5 Å². The molecule has 0 bridgehead atoms. The molecule has 0 radical (unpaired) electrons. The Morgan fingerprint density at radius 1 is 1.00 bits per heavy atom. The first-order valence-corrected chi connectivity index (χ1v) is 10.7. The van der Waals surface area contributed by atoms with E-state index in [1.54, 1.807) is 49.5 Å². The minimum absolute atomic E-state index is 0.103. The van der Waals surface area contributed by atoms with Gasteiger partial charge in [-0.15, -0.1) is 0 Å². The highest BCUT2D eigenvalue weighted by Crippen LogP contribution is 2.48. The molecule has 3 aromatic carbocycles. The number of hydrogen-bond donors (Lipinski definition) is 1. The lowest BCUT2D eigenvalue weighted by Crippen LogP contribution is -2.49. The predicted molar refractivity (Wildman–Crippen MR) is 121 cm³/mol. The Hall–Kier alpha value is -3.87. The van der Waals surface area contributed by atoms with E-state index in [9.17, 15) is 14.0 Å². The van der Waals surface area contributed by atoms with Gasteiger partial charge >= 0.3 is 0 Å². The Morgan fingerprint density at radius 2 is 1.70 bits per heavy atom. The van der Waals surface area contributed by atoms with Gasteiger partial charge in [0, 0.05) is 12.1 Å². The van der Waals surface area contributed by atoms with E-state index in [2.05, 4.69) is 5.32 Å². The van der Waals surface area contributed by atoms with Crippen molar-refractivity contribution < 1.29 is 23.5 Å². The van der Waals surface area contributed by atoms with Crippen LogP contribution in [0.25, 0.3) is 0 Å². The zero-order valence-corrected chi connectivity index (χ0v) is 18.3. The maximum atomic E-state index is 14.3. The molecular formula is C26H23FN2O4. The van der Waals surface area contributed by atoms with Crippen LogP contribution >= 0.6 is 0 Å². The smallest absolute Gasteiger partial charge is 0.254 e. The summed E-state index contributed by atoms with van der Waals surface area (Å²) in [4.78, 5) is 28.8. The molecule has 33 heavy (non-hydrogen) atoms. The van der Waals surface area contributed by atoms with Crippen molar-refractivity contribution in [2.75, 3.05) is 26.1 Å². The van der Waals surface area contributed by atoms with Crippen LogP contribution in [0.3, 0.4) is 0 Å². The molecule has 2 aliphatic heterocycles. The summed E-state index contributed by atoms with van der Waals surface area (Å²) in [5, 5.41) is 2.74. The molecule has 0 aliphatic carbocycles. The van der Waals surface area contributed by atoms with Crippen molar-refractivity contribution in [3.63, 3.8) is 0 Å². The average Bonchev–Trinajstić information content (AvgIpc) is 2.84. The molecule has 168 valence electrons. The fraction of sp³-hybridized carbons (Fsp3) is 0.231. The van der Waals surface area contributed by atoms with E-state index < -0.39 is 17.8 Å². The summed E-state index contributed by atoms with van der Waals surface area (Å²) < 4.78 is 25.3. The van der Waals surface area contributed by atoms with Gasteiger partial charge in [0.05, 0.1) is 31.9 Å². The molecule has 2 aliphatic rings. The normalized spacial score (nSPS) is 18.6. The first-order chi connectivity index (χ1) is 16.0. The molecule has 0 spiro atoms. The minimum atomic E-state index is -0.726. The molecule has 5 rings (SSSR count). The first kappa shape index (κ1) is 21.0. The number of amides is 2. The van der Waals surface area contributed by atoms with Crippen molar-refractivity contribution in [3.8, 4) is 11.5 Å². The van der Waals surface area contributed by atoms with Crippen LogP contribution in [-0.4, -0.2) is 37.5 Å². The largest absolute Gasteiger partial charge is 0.493 e. The average molecular weight is 446 g/mol. The fourth-order valence-corrected chi connectivity index (χ4v) is 4.91. The predicted octanol–water partition coefficient (Wildman–Crippen LogP) is 4.32. The van der Waals surface area contributed by atoms with E-state index >= 15 is 0 Å². The number of nitrogens with zero attached hydrogens (tertiary/aromatic N) is 1. The summed E-state index contributed by atoms with van der Waals surface area (Å²) in [6, 6.07) is 16.4. The number of halogens is 1. The van der Waals surface area contributed by atoms with Crippen LogP contribution < -0.4 is 14.8 Å². The van der Waals surface area contributed by atoms with Crippen LogP contribution in [0, 0.1) is 5.82 Å². The summed E-state index contributed by atoms with van der Waals surface area (Å²) >= 11 is 0. The van der Waals surface area contributed by atoms with Crippen molar-refractivity contribution in [1.82, 2.24) is 4.90 Å². The Labute approximate surface area is 190 Å². The Morgan fingerprint density at radius 3 is 2.45 bits per heavy atom. The van der Waals surface area contributed by atoms with Gasteiger partial charge < -0.3 is 19.7 Å².